The van der Waals surface area contributed by atoms with Gasteiger partial charge in [-0.2, -0.15) is 13.2 Å². The summed E-state index contributed by atoms with van der Waals surface area (Å²) in [5.41, 5.74) is -0.385. The van der Waals surface area contributed by atoms with Gasteiger partial charge in [0.1, 0.15) is 5.82 Å². The SMILES string of the molecule is CCCn1ccnc1CCCN(C)C(=O)C1CC1c1ccccc1C(F)(F)F. The summed E-state index contributed by atoms with van der Waals surface area (Å²) in [5, 5.41) is 0. The monoisotopic (exact) mass is 393 g/mol. The average Bonchev–Trinajstić information content (AvgIpc) is 3.34. The second-order valence-corrected chi connectivity index (χ2v) is 7.43. The number of aryl methyl sites for hydroxylation is 2. The Bertz CT molecular complexity index is 815. The topological polar surface area (TPSA) is 38.1 Å². The molecule has 1 heterocycles. The second kappa shape index (κ2) is 8.37. The minimum Gasteiger partial charge on any atom is -0.345 e. The van der Waals surface area contributed by atoms with Crippen LogP contribution in [-0.2, 0) is 23.9 Å². The van der Waals surface area contributed by atoms with Crippen molar-refractivity contribution in [3.63, 3.8) is 0 Å². The highest BCUT2D eigenvalue weighted by Crippen LogP contribution is 2.51. The van der Waals surface area contributed by atoms with Gasteiger partial charge in [0.05, 0.1) is 5.56 Å². The highest BCUT2D eigenvalue weighted by molar-refractivity contribution is 5.83. The third-order valence-corrected chi connectivity index (χ3v) is 5.31. The standard InChI is InChI=1S/C21H26F3N3O/c1-3-11-27-13-10-25-19(27)9-6-12-26(2)20(28)17-14-16(17)15-7-4-5-8-18(15)21(22,23)24/h4-5,7-8,10,13,16-17H,3,6,9,11-12,14H2,1-2H3. The van der Waals surface area contributed by atoms with Gasteiger partial charge in [-0.25, -0.2) is 4.98 Å². The van der Waals surface area contributed by atoms with Crippen molar-refractivity contribution in [2.24, 2.45) is 5.92 Å². The van der Waals surface area contributed by atoms with Crippen LogP contribution in [0.15, 0.2) is 36.7 Å². The minimum absolute atomic E-state index is 0.0705. The van der Waals surface area contributed by atoms with Crippen molar-refractivity contribution in [2.75, 3.05) is 13.6 Å². The lowest BCUT2D eigenvalue weighted by Gasteiger charge is -2.18. The first-order valence-corrected chi connectivity index (χ1v) is 9.74. The molecular formula is C21H26F3N3O. The number of rotatable bonds is 8. The van der Waals surface area contributed by atoms with Crippen LogP contribution in [0, 0.1) is 5.92 Å². The first-order valence-electron chi connectivity index (χ1n) is 9.74. The van der Waals surface area contributed by atoms with Crippen molar-refractivity contribution in [2.45, 2.75) is 51.2 Å². The number of hydrogen-bond donors (Lipinski definition) is 0. The lowest BCUT2D eigenvalue weighted by atomic mass is 10.0. The van der Waals surface area contributed by atoms with Crippen LogP contribution < -0.4 is 0 Å². The van der Waals surface area contributed by atoms with E-state index in [1.54, 1.807) is 24.2 Å². The van der Waals surface area contributed by atoms with Gasteiger partial charge in [-0.15, -0.1) is 0 Å². The number of imidazole rings is 1. The van der Waals surface area contributed by atoms with E-state index in [2.05, 4.69) is 16.5 Å². The molecule has 1 amide bonds. The Balaban J connectivity index is 1.54. The Morgan fingerprint density at radius 1 is 1.32 bits per heavy atom. The molecule has 3 rings (SSSR count). The molecule has 152 valence electrons. The molecule has 2 unspecified atom stereocenters. The number of aromatic nitrogens is 2. The molecule has 1 aliphatic carbocycles. The van der Waals surface area contributed by atoms with Crippen molar-refractivity contribution < 1.29 is 18.0 Å². The molecule has 28 heavy (non-hydrogen) atoms. The van der Waals surface area contributed by atoms with Crippen LogP contribution in [0.2, 0.25) is 0 Å². The van der Waals surface area contributed by atoms with Crippen LogP contribution in [0.1, 0.15) is 49.1 Å². The highest BCUT2D eigenvalue weighted by Gasteiger charge is 2.48. The van der Waals surface area contributed by atoms with Gasteiger partial charge in [0, 0.05) is 44.9 Å². The zero-order valence-electron chi connectivity index (χ0n) is 16.2. The zero-order chi connectivity index (χ0) is 20.3. The molecule has 0 radical (unpaired) electrons. The summed E-state index contributed by atoms with van der Waals surface area (Å²) in [6.45, 7) is 3.60. The third-order valence-electron chi connectivity index (χ3n) is 5.31. The van der Waals surface area contributed by atoms with Crippen LogP contribution in [-0.4, -0.2) is 34.0 Å². The minimum atomic E-state index is -4.39. The number of nitrogens with zero attached hydrogens (tertiary/aromatic N) is 3. The second-order valence-electron chi connectivity index (χ2n) is 7.43. The van der Waals surface area contributed by atoms with Crippen molar-refractivity contribution in [1.29, 1.82) is 0 Å². The summed E-state index contributed by atoms with van der Waals surface area (Å²) in [4.78, 5) is 18.6. The van der Waals surface area contributed by atoms with Crippen LogP contribution >= 0.6 is 0 Å². The highest BCUT2D eigenvalue weighted by atomic mass is 19.4. The van der Waals surface area contributed by atoms with Gasteiger partial charge >= 0.3 is 6.18 Å². The molecule has 0 bridgehead atoms. The van der Waals surface area contributed by atoms with Gasteiger partial charge in [0.2, 0.25) is 5.91 Å². The quantitative estimate of drug-likeness (QED) is 0.662. The van der Waals surface area contributed by atoms with Gasteiger partial charge in [-0.3, -0.25) is 4.79 Å². The fraction of sp³-hybridized carbons (Fsp3) is 0.524. The van der Waals surface area contributed by atoms with E-state index in [0.717, 1.165) is 37.7 Å². The average molecular weight is 393 g/mol. The van der Waals surface area contributed by atoms with Gasteiger partial charge in [0.15, 0.2) is 0 Å². The largest absolute Gasteiger partial charge is 0.416 e. The summed E-state index contributed by atoms with van der Waals surface area (Å²) in [6, 6.07) is 5.58. The lowest BCUT2D eigenvalue weighted by Crippen LogP contribution is -2.30. The van der Waals surface area contributed by atoms with Crippen LogP contribution in [0.25, 0.3) is 0 Å². The summed E-state index contributed by atoms with van der Waals surface area (Å²) in [7, 11) is 1.73. The normalized spacial score (nSPS) is 18.9. The first kappa shape index (κ1) is 20.4. The number of carbonyl (C=O) groups is 1. The van der Waals surface area contributed by atoms with Crippen LogP contribution in [0.4, 0.5) is 13.2 Å². The molecule has 1 aliphatic rings. The predicted molar refractivity (Wildman–Crippen MR) is 101 cm³/mol. The number of amides is 1. The van der Waals surface area contributed by atoms with Crippen molar-refractivity contribution >= 4 is 5.91 Å². The number of carbonyl (C=O) groups excluding carboxylic acids is 1. The van der Waals surface area contributed by atoms with E-state index in [9.17, 15) is 18.0 Å². The Morgan fingerprint density at radius 3 is 2.79 bits per heavy atom. The smallest absolute Gasteiger partial charge is 0.345 e. The predicted octanol–water partition coefficient (Wildman–Crippen LogP) is 4.51. The van der Waals surface area contributed by atoms with Crippen LogP contribution in [0.5, 0.6) is 0 Å². The Labute approximate surface area is 163 Å². The zero-order valence-corrected chi connectivity index (χ0v) is 16.2. The Morgan fingerprint density at radius 2 is 2.07 bits per heavy atom. The Kier molecular flexibility index (Phi) is 6.10. The summed E-state index contributed by atoms with van der Waals surface area (Å²) in [6.07, 6.45) is 2.42. The number of benzene rings is 1. The fourth-order valence-electron chi connectivity index (χ4n) is 3.77. The fourth-order valence-corrected chi connectivity index (χ4v) is 3.77. The molecule has 0 N–H and O–H groups in total. The molecule has 1 fully saturated rings. The molecule has 1 saturated carbocycles. The summed E-state index contributed by atoms with van der Waals surface area (Å²) in [5.74, 6) is 0.247. The van der Waals surface area contributed by atoms with E-state index in [4.69, 9.17) is 0 Å². The van der Waals surface area contributed by atoms with Crippen molar-refractivity contribution in [3.05, 3.63) is 53.6 Å². The molecule has 1 aromatic heterocycles. The maximum Gasteiger partial charge on any atom is 0.416 e. The molecule has 7 heteroatoms. The van der Waals surface area contributed by atoms with E-state index in [-0.39, 0.29) is 23.3 Å². The molecule has 4 nitrogen and oxygen atoms in total. The summed E-state index contributed by atoms with van der Waals surface area (Å²) < 4.78 is 41.7. The maximum atomic E-state index is 13.2. The van der Waals surface area contributed by atoms with Crippen molar-refractivity contribution in [3.8, 4) is 0 Å². The van der Waals surface area contributed by atoms with Gasteiger partial charge < -0.3 is 9.47 Å². The molecule has 2 aromatic rings. The molecule has 2 atom stereocenters. The Hall–Kier alpha value is -2.31. The van der Waals surface area contributed by atoms with E-state index in [1.807, 2.05) is 6.20 Å². The number of hydrogen-bond acceptors (Lipinski definition) is 2. The van der Waals surface area contributed by atoms with Gasteiger partial charge in [0.25, 0.3) is 0 Å². The molecular weight excluding hydrogens is 367 g/mol. The van der Waals surface area contributed by atoms with E-state index in [0.29, 0.717) is 13.0 Å². The number of alkyl halides is 3. The molecule has 0 saturated heterocycles. The van der Waals surface area contributed by atoms with Crippen LogP contribution in [0.3, 0.4) is 0 Å². The first-order chi connectivity index (χ1) is 13.3. The molecule has 0 aliphatic heterocycles. The van der Waals surface area contributed by atoms with Crippen molar-refractivity contribution in [1.82, 2.24) is 14.5 Å². The molecule has 1 aromatic carbocycles. The maximum absolute atomic E-state index is 13.2. The third kappa shape index (κ3) is 4.56. The number of halogens is 3. The van der Waals surface area contributed by atoms with E-state index in [1.165, 1.54) is 12.1 Å². The summed E-state index contributed by atoms with van der Waals surface area (Å²) >= 11 is 0. The lowest BCUT2D eigenvalue weighted by molar-refractivity contribution is -0.138. The van der Waals surface area contributed by atoms with Gasteiger partial charge in [-0.1, -0.05) is 25.1 Å². The van der Waals surface area contributed by atoms with Gasteiger partial charge in [-0.05, 0) is 36.8 Å². The van der Waals surface area contributed by atoms with E-state index < -0.39 is 11.7 Å². The van der Waals surface area contributed by atoms with E-state index >= 15 is 0 Å². The molecule has 0 spiro atoms.